The second-order valence-electron chi connectivity index (χ2n) is 5.17. The average Bonchev–Trinajstić information content (AvgIpc) is 3.12. The van der Waals surface area contributed by atoms with Crippen LogP contribution in [0.1, 0.15) is 18.9 Å². The van der Waals surface area contributed by atoms with E-state index in [-0.39, 0.29) is 6.61 Å². The normalized spacial score (nSPS) is 25.3. The minimum Gasteiger partial charge on any atom is -0.466 e. The number of carbonyl (C=O) groups excluding carboxylic acids is 1. The van der Waals surface area contributed by atoms with Crippen LogP contribution in [0.15, 0.2) is 30.3 Å². The van der Waals surface area contributed by atoms with Crippen LogP contribution in [0.2, 0.25) is 5.82 Å². The van der Waals surface area contributed by atoms with Crippen LogP contribution in [0.4, 0.5) is 12.9 Å². The van der Waals surface area contributed by atoms with E-state index in [1.54, 1.807) is 6.92 Å². The van der Waals surface area contributed by atoms with Crippen molar-refractivity contribution in [3.8, 4) is 0 Å². The fraction of sp³-hybridized carbons (Fsp3) is 0.500. The van der Waals surface area contributed by atoms with Gasteiger partial charge in [0, 0.05) is 5.92 Å². The van der Waals surface area contributed by atoms with E-state index in [2.05, 4.69) is 0 Å². The molecule has 3 atom stereocenters. The van der Waals surface area contributed by atoms with Gasteiger partial charge in [-0.25, -0.2) is 0 Å². The summed E-state index contributed by atoms with van der Waals surface area (Å²) in [5.41, 5.74) is 0.996. The number of aryl methyl sites for hydroxylation is 1. The molecule has 6 heteroatoms. The van der Waals surface area contributed by atoms with Crippen molar-refractivity contribution in [2.45, 2.75) is 25.6 Å². The lowest BCUT2D eigenvalue weighted by Crippen LogP contribution is -2.19. The highest BCUT2D eigenvalue weighted by atomic mass is 19.4. The van der Waals surface area contributed by atoms with E-state index in [4.69, 9.17) is 4.74 Å². The van der Waals surface area contributed by atoms with Gasteiger partial charge in [0.25, 0.3) is 0 Å². The van der Waals surface area contributed by atoms with Crippen molar-refractivity contribution in [1.82, 2.24) is 0 Å². The number of carbonyl (C=O) groups is 1. The summed E-state index contributed by atoms with van der Waals surface area (Å²) >= 11 is 0. The summed E-state index contributed by atoms with van der Waals surface area (Å²) in [7, 11) is 0. The summed E-state index contributed by atoms with van der Waals surface area (Å²) in [6.07, 6.45) is 0.934. The zero-order valence-corrected chi connectivity index (χ0v) is 11.3. The standard InChI is InChI=1S/C14H17BF3O2/c1-2-20-14(19)12-11(13(12)15(16,17)18)9-8-10-6-4-3-5-7-10/h3-7,11-13H,2,8-9H2,1H3/q-1/t11?,12-,13+/m1/s1. The smallest absolute Gasteiger partial charge is 0.466 e. The highest BCUT2D eigenvalue weighted by molar-refractivity contribution is 6.62. The minimum atomic E-state index is -4.98. The average molecular weight is 285 g/mol. The molecule has 1 unspecified atom stereocenters. The third-order valence-electron chi connectivity index (χ3n) is 3.83. The lowest BCUT2D eigenvalue weighted by molar-refractivity contribution is -0.145. The van der Waals surface area contributed by atoms with Crippen molar-refractivity contribution in [3.05, 3.63) is 35.9 Å². The van der Waals surface area contributed by atoms with E-state index in [0.717, 1.165) is 5.56 Å². The summed E-state index contributed by atoms with van der Waals surface area (Å²) < 4.78 is 43.5. The molecule has 1 aliphatic rings. The molecule has 0 aliphatic heterocycles. The van der Waals surface area contributed by atoms with E-state index in [1.165, 1.54) is 0 Å². The van der Waals surface area contributed by atoms with E-state index in [1.807, 2.05) is 30.3 Å². The van der Waals surface area contributed by atoms with Gasteiger partial charge < -0.3 is 17.7 Å². The molecule has 1 saturated carbocycles. The first-order valence-corrected chi connectivity index (χ1v) is 6.85. The zero-order chi connectivity index (χ0) is 14.8. The maximum Gasteiger partial charge on any atom is 0.482 e. The van der Waals surface area contributed by atoms with Crippen LogP contribution >= 0.6 is 0 Å². The summed E-state index contributed by atoms with van der Waals surface area (Å²) in [5, 5.41) is 0. The van der Waals surface area contributed by atoms with Crippen LogP contribution in [0, 0.1) is 11.8 Å². The Bertz CT molecular complexity index is 461. The largest absolute Gasteiger partial charge is 0.482 e. The van der Waals surface area contributed by atoms with Crippen LogP contribution < -0.4 is 0 Å². The second-order valence-corrected chi connectivity index (χ2v) is 5.17. The van der Waals surface area contributed by atoms with Crippen molar-refractivity contribution in [2.75, 3.05) is 6.61 Å². The number of hydrogen-bond donors (Lipinski definition) is 0. The zero-order valence-electron chi connectivity index (χ0n) is 11.3. The van der Waals surface area contributed by atoms with E-state index < -0.39 is 30.6 Å². The van der Waals surface area contributed by atoms with Gasteiger partial charge in [-0.05, 0) is 25.3 Å². The van der Waals surface area contributed by atoms with Gasteiger partial charge >= 0.3 is 12.9 Å². The van der Waals surface area contributed by atoms with Crippen molar-refractivity contribution < 1.29 is 22.5 Å². The molecule has 1 aromatic rings. The number of benzene rings is 1. The van der Waals surface area contributed by atoms with Crippen LogP contribution in [0.3, 0.4) is 0 Å². The van der Waals surface area contributed by atoms with Crippen molar-refractivity contribution in [1.29, 1.82) is 0 Å². The Balaban J connectivity index is 1.97. The van der Waals surface area contributed by atoms with Gasteiger partial charge in [0.2, 0.25) is 0 Å². The highest BCUT2D eigenvalue weighted by Gasteiger charge is 2.62. The minimum absolute atomic E-state index is 0.123. The molecular weight excluding hydrogens is 268 g/mol. The molecule has 20 heavy (non-hydrogen) atoms. The molecule has 2 nitrogen and oxygen atoms in total. The molecule has 2 rings (SSSR count). The molecule has 0 heterocycles. The van der Waals surface area contributed by atoms with Gasteiger partial charge in [0.15, 0.2) is 0 Å². The molecule has 1 aromatic carbocycles. The predicted molar refractivity (Wildman–Crippen MR) is 71.2 cm³/mol. The van der Waals surface area contributed by atoms with Crippen LogP contribution in [0.25, 0.3) is 0 Å². The molecule has 1 aliphatic carbocycles. The fourth-order valence-electron chi connectivity index (χ4n) is 2.84. The van der Waals surface area contributed by atoms with Crippen LogP contribution in [0.5, 0.6) is 0 Å². The third kappa shape index (κ3) is 3.35. The quantitative estimate of drug-likeness (QED) is 0.589. The molecular formula is C14H17BF3O2-. The summed E-state index contributed by atoms with van der Waals surface area (Å²) in [6.45, 7) is -3.25. The maximum atomic E-state index is 12.9. The molecule has 0 saturated heterocycles. The topological polar surface area (TPSA) is 26.3 Å². The van der Waals surface area contributed by atoms with Crippen LogP contribution in [-0.4, -0.2) is 19.6 Å². The molecule has 0 radical (unpaired) electrons. The molecule has 0 spiro atoms. The molecule has 1 fully saturated rings. The highest BCUT2D eigenvalue weighted by Crippen LogP contribution is 2.61. The van der Waals surface area contributed by atoms with E-state index in [0.29, 0.717) is 12.8 Å². The SMILES string of the molecule is CCOC(=O)[C@@H]1C(CCc2ccccc2)[C@@H]1[B-](F)(F)F. The van der Waals surface area contributed by atoms with Crippen molar-refractivity contribution >= 4 is 12.9 Å². The Morgan fingerprint density at radius 3 is 2.45 bits per heavy atom. The van der Waals surface area contributed by atoms with Crippen molar-refractivity contribution in [2.24, 2.45) is 11.8 Å². The van der Waals surface area contributed by atoms with E-state index in [9.17, 15) is 17.7 Å². The van der Waals surface area contributed by atoms with Gasteiger partial charge in [-0.2, -0.15) is 0 Å². The Kier molecular flexibility index (Phi) is 4.40. The maximum absolute atomic E-state index is 12.9. The predicted octanol–water partition coefficient (Wildman–Crippen LogP) is 3.65. The number of esters is 1. The monoisotopic (exact) mass is 285 g/mol. The third-order valence-corrected chi connectivity index (χ3v) is 3.83. The number of hydrogen-bond acceptors (Lipinski definition) is 2. The lowest BCUT2D eigenvalue weighted by Gasteiger charge is -2.13. The first kappa shape index (κ1) is 14.9. The van der Waals surface area contributed by atoms with Gasteiger partial charge in [-0.15, -0.1) is 0 Å². The molecule has 0 amide bonds. The van der Waals surface area contributed by atoms with Gasteiger partial charge in [0.1, 0.15) is 0 Å². The van der Waals surface area contributed by atoms with Crippen molar-refractivity contribution in [3.63, 3.8) is 0 Å². The summed E-state index contributed by atoms with van der Waals surface area (Å²) in [6, 6.07) is 9.35. The first-order valence-electron chi connectivity index (χ1n) is 6.85. The summed E-state index contributed by atoms with van der Waals surface area (Å²) in [4.78, 5) is 11.6. The van der Waals surface area contributed by atoms with Gasteiger partial charge in [-0.1, -0.05) is 42.1 Å². The second kappa shape index (κ2) is 5.89. The molecule has 0 bridgehead atoms. The Hall–Kier alpha value is -1.46. The fourth-order valence-corrected chi connectivity index (χ4v) is 2.84. The lowest BCUT2D eigenvalue weighted by atomic mass is 9.80. The Morgan fingerprint density at radius 1 is 1.25 bits per heavy atom. The van der Waals surface area contributed by atoms with Crippen LogP contribution in [-0.2, 0) is 16.0 Å². The first-order chi connectivity index (χ1) is 9.45. The van der Waals surface area contributed by atoms with E-state index >= 15 is 0 Å². The number of halogens is 3. The molecule has 0 N–H and O–H groups in total. The number of rotatable bonds is 6. The molecule has 110 valence electrons. The Morgan fingerprint density at radius 2 is 1.90 bits per heavy atom. The number of ether oxygens (including phenoxy) is 1. The Labute approximate surface area is 116 Å². The van der Waals surface area contributed by atoms with Gasteiger partial charge in [0.05, 0.1) is 6.61 Å². The summed E-state index contributed by atoms with van der Waals surface area (Å²) in [5.74, 6) is -3.78. The van der Waals surface area contributed by atoms with Gasteiger partial charge in [-0.3, -0.25) is 4.79 Å². The molecule has 0 aromatic heterocycles.